The molecule has 2 aromatic heterocycles. The standard InChI is InChI=1S/C14H16N6/c1-11-8-14(19-6-4-16-5-7-19)20(18-11)13-3-2-12(9-15)10-17-13/h2-3,8,10,16H,4-7H2,1H3. The Labute approximate surface area is 117 Å². The predicted octanol–water partition coefficient (Wildman–Crippen LogP) is 0.857. The van der Waals surface area contributed by atoms with Gasteiger partial charge in [0, 0.05) is 38.4 Å². The highest BCUT2D eigenvalue weighted by Gasteiger charge is 2.17. The van der Waals surface area contributed by atoms with Crippen LogP contribution in [0, 0.1) is 18.3 Å². The average Bonchev–Trinajstić information content (AvgIpc) is 2.90. The van der Waals surface area contributed by atoms with Crippen molar-refractivity contribution in [1.29, 1.82) is 5.26 Å². The topological polar surface area (TPSA) is 69.8 Å². The highest BCUT2D eigenvalue weighted by atomic mass is 15.4. The highest BCUT2D eigenvalue weighted by Crippen LogP contribution is 2.20. The molecule has 2 aromatic rings. The SMILES string of the molecule is Cc1cc(N2CCNCC2)n(-c2ccc(C#N)cn2)n1. The Morgan fingerprint density at radius 2 is 2.10 bits per heavy atom. The maximum atomic E-state index is 8.83. The smallest absolute Gasteiger partial charge is 0.155 e. The van der Waals surface area contributed by atoms with Crippen LogP contribution in [-0.2, 0) is 0 Å². The van der Waals surface area contributed by atoms with Gasteiger partial charge >= 0.3 is 0 Å². The van der Waals surface area contributed by atoms with Crippen LogP contribution in [0.15, 0.2) is 24.4 Å². The molecule has 1 aliphatic heterocycles. The van der Waals surface area contributed by atoms with Gasteiger partial charge in [0.25, 0.3) is 0 Å². The van der Waals surface area contributed by atoms with Crippen molar-refractivity contribution in [1.82, 2.24) is 20.1 Å². The fourth-order valence-corrected chi connectivity index (χ4v) is 2.35. The molecule has 0 aromatic carbocycles. The van der Waals surface area contributed by atoms with Crippen molar-refractivity contribution >= 4 is 5.82 Å². The van der Waals surface area contributed by atoms with E-state index in [1.165, 1.54) is 0 Å². The lowest BCUT2D eigenvalue weighted by Gasteiger charge is -2.29. The molecule has 102 valence electrons. The van der Waals surface area contributed by atoms with Crippen LogP contribution in [-0.4, -0.2) is 40.9 Å². The van der Waals surface area contributed by atoms with E-state index < -0.39 is 0 Å². The van der Waals surface area contributed by atoms with Crippen molar-refractivity contribution in [2.45, 2.75) is 6.92 Å². The normalized spacial score (nSPS) is 15.1. The number of hydrogen-bond donors (Lipinski definition) is 1. The summed E-state index contributed by atoms with van der Waals surface area (Å²) in [6, 6.07) is 7.75. The summed E-state index contributed by atoms with van der Waals surface area (Å²) in [7, 11) is 0. The highest BCUT2D eigenvalue weighted by molar-refractivity contribution is 5.47. The fraction of sp³-hybridized carbons (Fsp3) is 0.357. The molecular weight excluding hydrogens is 252 g/mol. The van der Waals surface area contributed by atoms with Gasteiger partial charge in [-0.2, -0.15) is 15.0 Å². The minimum atomic E-state index is 0.557. The number of piperazine rings is 1. The van der Waals surface area contributed by atoms with E-state index in [1.54, 1.807) is 12.3 Å². The zero-order valence-electron chi connectivity index (χ0n) is 11.4. The van der Waals surface area contributed by atoms with E-state index in [0.717, 1.165) is 43.5 Å². The molecule has 6 heteroatoms. The van der Waals surface area contributed by atoms with Crippen LogP contribution in [0.2, 0.25) is 0 Å². The number of rotatable bonds is 2. The second-order valence-corrected chi connectivity index (χ2v) is 4.81. The van der Waals surface area contributed by atoms with Gasteiger partial charge in [-0.15, -0.1) is 0 Å². The van der Waals surface area contributed by atoms with Crippen molar-refractivity contribution in [3.63, 3.8) is 0 Å². The number of pyridine rings is 1. The van der Waals surface area contributed by atoms with Gasteiger partial charge in [-0.25, -0.2) is 4.98 Å². The van der Waals surface area contributed by atoms with E-state index in [4.69, 9.17) is 5.26 Å². The third-order valence-electron chi connectivity index (χ3n) is 3.35. The van der Waals surface area contributed by atoms with Gasteiger partial charge in [0.15, 0.2) is 5.82 Å². The minimum absolute atomic E-state index is 0.557. The summed E-state index contributed by atoms with van der Waals surface area (Å²) in [6.45, 7) is 5.85. The summed E-state index contributed by atoms with van der Waals surface area (Å²) in [5, 5.41) is 16.7. The van der Waals surface area contributed by atoms with Gasteiger partial charge in [0.2, 0.25) is 0 Å². The largest absolute Gasteiger partial charge is 0.354 e. The van der Waals surface area contributed by atoms with Crippen LogP contribution in [0.3, 0.4) is 0 Å². The van der Waals surface area contributed by atoms with Crippen LogP contribution in [0.25, 0.3) is 5.82 Å². The van der Waals surface area contributed by atoms with E-state index in [2.05, 4.69) is 32.4 Å². The monoisotopic (exact) mass is 268 g/mol. The molecule has 1 N–H and O–H groups in total. The Morgan fingerprint density at radius 1 is 1.30 bits per heavy atom. The molecule has 3 rings (SSSR count). The quantitative estimate of drug-likeness (QED) is 0.874. The molecule has 1 aliphatic rings. The van der Waals surface area contributed by atoms with Crippen LogP contribution in [0.1, 0.15) is 11.3 Å². The van der Waals surface area contributed by atoms with Gasteiger partial charge in [-0.3, -0.25) is 0 Å². The van der Waals surface area contributed by atoms with Crippen molar-refractivity contribution in [3.05, 3.63) is 35.7 Å². The number of nitriles is 1. The molecule has 0 atom stereocenters. The fourth-order valence-electron chi connectivity index (χ4n) is 2.35. The van der Waals surface area contributed by atoms with E-state index in [-0.39, 0.29) is 0 Å². The predicted molar refractivity (Wildman–Crippen MR) is 75.9 cm³/mol. The molecule has 6 nitrogen and oxygen atoms in total. The molecule has 0 radical (unpaired) electrons. The molecule has 20 heavy (non-hydrogen) atoms. The summed E-state index contributed by atoms with van der Waals surface area (Å²) in [5.41, 5.74) is 1.52. The number of anilines is 1. The third kappa shape index (κ3) is 2.36. The molecule has 0 bridgehead atoms. The van der Waals surface area contributed by atoms with Gasteiger partial charge in [-0.1, -0.05) is 0 Å². The van der Waals surface area contributed by atoms with Crippen molar-refractivity contribution in [2.75, 3.05) is 31.1 Å². The first kappa shape index (κ1) is 12.6. The molecule has 1 fully saturated rings. The Hall–Kier alpha value is -2.39. The molecule has 0 unspecified atom stereocenters. The Balaban J connectivity index is 1.97. The first-order chi connectivity index (χ1) is 9.78. The summed E-state index contributed by atoms with van der Waals surface area (Å²) >= 11 is 0. The van der Waals surface area contributed by atoms with Gasteiger partial charge < -0.3 is 10.2 Å². The summed E-state index contributed by atoms with van der Waals surface area (Å²) in [5.74, 6) is 1.80. The molecule has 3 heterocycles. The minimum Gasteiger partial charge on any atom is -0.354 e. The number of hydrogen-bond acceptors (Lipinski definition) is 5. The number of nitrogens with one attached hydrogen (secondary N) is 1. The molecule has 0 spiro atoms. The third-order valence-corrected chi connectivity index (χ3v) is 3.35. The van der Waals surface area contributed by atoms with Gasteiger partial charge in [0.05, 0.1) is 11.3 Å². The van der Waals surface area contributed by atoms with Gasteiger partial charge in [0.1, 0.15) is 11.9 Å². The lowest BCUT2D eigenvalue weighted by Crippen LogP contribution is -2.44. The number of aryl methyl sites for hydroxylation is 1. The number of aromatic nitrogens is 3. The molecule has 0 saturated carbocycles. The lowest BCUT2D eigenvalue weighted by atomic mass is 10.3. The average molecular weight is 268 g/mol. The van der Waals surface area contributed by atoms with Crippen LogP contribution < -0.4 is 10.2 Å². The second-order valence-electron chi connectivity index (χ2n) is 4.81. The summed E-state index contributed by atoms with van der Waals surface area (Å²) < 4.78 is 1.85. The molecule has 0 amide bonds. The second kappa shape index (κ2) is 5.31. The Bertz CT molecular complexity index is 631. The first-order valence-corrected chi connectivity index (χ1v) is 6.67. The van der Waals surface area contributed by atoms with E-state index >= 15 is 0 Å². The molecule has 1 saturated heterocycles. The lowest BCUT2D eigenvalue weighted by molar-refractivity contribution is 0.578. The Morgan fingerprint density at radius 3 is 2.75 bits per heavy atom. The van der Waals surface area contributed by atoms with Crippen molar-refractivity contribution in [2.24, 2.45) is 0 Å². The van der Waals surface area contributed by atoms with Crippen molar-refractivity contribution in [3.8, 4) is 11.9 Å². The number of nitrogens with zero attached hydrogens (tertiary/aromatic N) is 5. The van der Waals surface area contributed by atoms with Gasteiger partial charge in [-0.05, 0) is 19.1 Å². The maximum Gasteiger partial charge on any atom is 0.155 e. The van der Waals surface area contributed by atoms with E-state index in [9.17, 15) is 0 Å². The summed E-state index contributed by atoms with van der Waals surface area (Å²) in [4.78, 5) is 6.63. The van der Waals surface area contributed by atoms with E-state index in [1.807, 2.05) is 17.7 Å². The Kier molecular flexibility index (Phi) is 3.35. The van der Waals surface area contributed by atoms with Crippen LogP contribution in [0.5, 0.6) is 0 Å². The van der Waals surface area contributed by atoms with Crippen molar-refractivity contribution < 1.29 is 0 Å². The zero-order chi connectivity index (χ0) is 13.9. The van der Waals surface area contributed by atoms with E-state index in [0.29, 0.717) is 5.56 Å². The first-order valence-electron chi connectivity index (χ1n) is 6.67. The van der Waals surface area contributed by atoms with Crippen LogP contribution >= 0.6 is 0 Å². The van der Waals surface area contributed by atoms with Crippen LogP contribution in [0.4, 0.5) is 5.82 Å². The molecular formula is C14H16N6. The summed E-state index contributed by atoms with van der Waals surface area (Å²) in [6.07, 6.45) is 1.58. The zero-order valence-corrected chi connectivity index (χ0v) is 11.4. The molecule has 0 aliphatic carbocycles. The maximum absolute atomic E-state index is 8.83.